The zero-order valence-electron chi connectivity index (χ0n) is 9.53. The molecular formula is C11H19NO2. The second kappa shape index (κ2) is 5.47. The Morgan fingerprint density at radius 3 is 2.21 bits per heavy atom. The zero-order valence-corrected chi connectivity index (χ0v) is 9.53. The van der Waals surface area contributed by atoms with Crippen molar-refractivity contribution in [2.24, 2.45) is 0 Å². The first-order valence-electron chi connectivity index (χ1n) is 4.96. The van der Waals surface area contributed by atoms with Gasteiger partial charge in [0.15, 0.2) is 0 Å². The highest BCUT2D eigenvalue weighted by Gasteiger charge is 2.07. The molecule has 3 heteroatoms. The molecule has 0 amide bonds. The molecule has 0 aliphatic carbocycles. The summed E-state index contributed by atoms with van der Waals surface area (Å²) >= 11 is 0. The first-order chi connectivity index (χ1) is 6.54. The fraction of sp³-hybridized carbons (Fsp3) is 0.545. The smallest absolute Gasteiger partial charge is 0.285 e. The molecule has 1 aromatic rings. The molecule has 0 saturated heterocycles. The Kier molecular flexibility index (Phi) is 4.99. The Balaban J connectivity index is 0.000000791. The van der Waals surface area contributed by atoms with E-state index in [-0.39, 0.29) is 11.5 Å². The maximum Gasteiger partial charge on any atom is 0.285 e. The van der Waals surface area contributed by atoms with Gasteiger partial charge < -0.3 is 5.21 Å². The second-order valence-corrected chi connectivity index (χ2v) is 3.21. The second-order valence-electron chi connectivity index (χ2n) is 3.21. The standard InChI is InChI=1S/C9H13NO2.C2H6/c1-6(2)8-5-4-7(3)9(11)10(8)12;1-2/h4-6,12H,1-3H3;1-2H3. The van der Waals surface area contributed by atoms with E-state index in [0.717, 1.165) is 4.73 Å². The zero-order chi connectivity index (χ0) is 11.3. The molecule has 1 aromatic heterocycles. The van der Waals surface area contributed by atoms with Crippen LogP contribution < -0.4 is 5.56 Å². The van der Waals surface area contributed by atoms with Gasteiger partial charge in [0.25, 0.3) is 5.56 Å². The molecule has 3 nitrogen and oxygen atoms in total. The molecule has 1 N–H and O–H groups in total. The molecule has 0 bridgehead atoms. The van der Waals surface area contributed by atoms with E-state index >= 15 is 0 Å². The molecular weight excluding hydrogens is 178 g/mol. The first-order valence-corrected chi connectivity index (χ1v) is 4.96. The minimum atomic E-state index is -0.332. The molecule has 0 unspecified atom stereocenters. The van der Waals surface area contributed by atoms with E-state index in [1.165, 1.54) is 0 Å². The largest absolute Gasteiger partial charge is 0.425 e. The molecule has 80 valence electrons. The molecule has 0 aliphatic heterocycles. The van der Waals surface area contributed by atoms with Crippen molar-refractivity contribution >= 4 is 0 Å². The number of rotatable bonds is 1. The number of pyridine rings is 1. The van der Waals surface area contributed by atoms with Crippen LogP contribution in [0.25, 0.3) is 0 Å². The van der Waals surface area contributed by atoms with E-state index in [1.54, 1.807) is 19.1 Å². The van der Waals surface area contributed by atoms with Crippen molar-refractivity contribution < 1.29 is 5.21 Å². The van der Waals surface area contributed by atoms with Crippen LogP contribution in [-0.4, -0.2) is 9.94 Å². The van der Waals surface area contributed by atoms with E-state index in [9.17, 15) is 10.0 Å². The highest BCUT2D eigenvalue weighted by atomic mass is 16.5. The summed E-state index contributed by atoms with van der Waals surface area (Å²) in [5.41, 5.74) is 0.869. The first kappa shape index (κ1) is 12.8. The van der Waals surface area contributed by atoms with E-state index < -0.39 is 0 Å². The molecule has 1 rings (SSSR count). The van der Waals surface area contributed by atoms with E-state index in [1.807, 2.05) is 27.7 Å². The lowest BCUT2D eigenvalue weighted by Crippen LogP contribution is -2.23. The number of aromatic nitrogens is 1. The Labute approximate surface area is 85.0 Å². The van der Waals surface area contributed by atoms with Crippen molar-refractivity contribution in [1.82, 2.24) is 4.73 Å². The van der Waals surface area contributed by atoms with Gasteiger partial charge in [0.2, 0.25) is 0 Å². The quantitative estimate of drug-likeness (QED) is 0.703. The SMILES string of the molecule is CC.Cc1ccc(C(C)C)n(O)c1=O. The number of hydrogen-bond acceptors (Lipinski definition) is 2. The van der Waals surface area contributed by atoms with Gasteiger partial charge in [0.1, 0.15) is 0 Å². The maximum absolute atomic E-state index is 11.2. The molecule has 0 spiro atoms. The lowest BCUT2D eigenvalue weighted by atomic mass is 10.1. The van der Waals surface area contributed by atoms with Crippen molar-refractivity contribution in [3.05, 3.63) is 33.7 Å². The molecule has 0 aromatic carbocycles. The van der Waals surface area contributed by atoms with Crippen LogP contribution in [-0.2, 0) is 0 Å². The van der Waals surface area contributed by atoms with Gasteiger partial charge in [-0.15, -0.1) is 0 Å². The summed E-state index contributed by atoms with van der Waals surface area (Å²) in [6.07, 6.45) is 0. The predicted octanol–water partition coefficient (Wildman–Crippen LogP) is 2.54. The van der Waals surface area contributed by atoms with Crippen LogP contribution in [0.5, 0.6) is 0 Å². The van der Waals surface area contributed by atoms with Crippen LogP contribution >= 0.6 is 0 Å². The van der Waals surface area contributed by atoms with Crippen LogP contribution in [0, 0.1) is 6.92 Å². The van der Waals surface area contributed by atoms with Crippen LogP contribution in [0.3, 0.4) is 0 Å². The molecule has 0 fully saturated rings. The van der Waals surface area contributed by atoms with Crippen molar-refractivity contribution in [2.45, 2.75) is 40.5 Å². The summed E-state index contributed by atoms with van der Waals surface area (Å²) in [4.78, 5) is 11.2. The highest BCUT2D eigenvalue weighted by Crippen LogP contribution is 2.10. The fourth-order valence-corrected chi connectivity index (χ4v) is 1.07. The predicted molar refractivity (Wildman–Crippen MR) is 58.1 cm³/mol. The topological polar surface area (TPSA) is 42.2 Å². The Morgan fingerprint density at radius 1 is 1.29 bits per heavy atom. The van der Waals surface area contributed by atoms with E-state index in [0.29, 0.717) is 11.3 Å². The minimum absolute atomic E-state index is 0.156. The van der Waals surface area contributed by atoms with Gasteiger partial charge in [0, 0.05) is 5.56 Å². The Bertz CT molecular complexity index is 340. The number of hydrogen-bond donors (Lipinski definition) is 1. The number of nitrogens with zero attached hydrogens (tertiary/aromatic N) is 1. The van der Waals surface area contributed by atoms with Crippen molar-refractivity contribution in [2.75, 3.05) is 0 Å². The van der Waals surface area contributed by atoms with Gasteiger partial charge in [-0.1, -0.05) is 33.8 Å². The summed E-state index contributed by atoms with van der Waals surface area (Å²) in [7, 11) is 0. The van der Waals surface area contributed by atoms with E-state index in [4.69, 9.17) is 0 Å². The summed E-state index contributed by atoms with van der Waals surface area (Å²) in [5, 5.41) is 9.35. The molecule has 0 saturated carbocycles. The number of aryl methyl sites for hydroxylation is 1. The molecule has 1 heterocycles. The van der Waals surface area contributed by atoms with Gasteiger partial charge in [-0.3, -0.25) is 4.79 Å². The Morgan fingerprint density at radius 2 is 1.79 bits per heavy atom. The molecule has 0 radical (unpaired) electrons. The van der Waals surface area contributed by atoms with Crippen LogP contribution in [0.4, 0.5) is 0 Å². The maximum atomic E-state index is 11.2. The van der Waals surface area contributed by atoms with E-state index in [2.05, 4.69) is 0 Å². The van der Waals surface area contributed by atoms with Crippen molar-refractivity contribution in [3.8, 4) is 0 Å². The minimum Gasteiger partial charge on any atom is -0.425 e. The normalized spacial score (nSPS) is 9.57. The van der Waals surface area contributed by atoms with Crippen LogP contribution in [0.15, 0.2) is 16.9 Å². The third-order valence-electron chi connectivity index (χ3n) is 1.87. The third-order valence-corrected chi connectivity index (χ3v) is 1.87. The monoisotopic (exact) mass is 197 g/mol. The summed E-state index contributed by atoms with van der Waals surface area (Å²) in [6, 6.07) is 3.49. The van der Waals surface area contributed by atoms with Gasteiger partial charge in [-0.25, -0.2) is 0 Å². The molecule has 14 heavy (non-hydrogen) atoms. The lowest BCUT2D eigenvalue weighted by molar-refractivity contribution is 0.161. The van der Waals surface area contributed by atoms with Gasteiger partial charge >= 0.3 is 0 Å². The van der Waals surface area contributed by atoms with Gasteiger partial charge in [-0.05, 0) is 18.9 Å². The van der Waals surface area contributed by atoms with Gasteiger partial charge in [0.05, 0.1) is 5.69 Å². The van der Waals surface area contributed by atoms with Crippen molar-refractivity contribution in [1.29, 1.82) is 0 Å². The van der Waals surface area contributed by atoms with Crippen LogP contribution in [0.1, 0.15) is 44.9 Å². The Hall–Kier alpha value is -1.25. The fourth-order valence-electron chi connectivity index (χ4n) is 1.07. The lowest BCUT2D eigenvalue weighted by Gasteiger charge is -2.09. The average Bonchev–Trinajstić information content (AvgIpc) is 2.17. The summed E-state index contributed by atoms with van der Waals surface area (Å²) in [5.74, 6) is 0.156. The average molecular weight is 197 g/mol. The third kappa shape index (κ3) is 2.62. The van der Waals surface area contributed by atoms with Gasteiger partial charge in [-0.2, -0.15) is 4.73 Å². The van der Waals surface area contributed by atoms with Crippen LogP contribution in [0.2, 0.25) is 0 Å². The summed E-state index contributed by atoms with van der Waals surface area (Å²) in [6.45, 7) is 9.53. The summed E-state index contributed by atoms with van der Waals surface area (Å²) < 4.78 is 0.722. The molecule has 0 aliphatic rings. The highest BCUT2D eigenvalue weighted by molar-refractivity contribution is 5.15. The van der Waals surface area contributed by atoms with Crippen molar-refractivity contribution in [3.63, 3.8) is 0 Å². The molecule has 0 atom stereocenters.